The van der Waals surface area contributed by atoms with E-state index in [1.165, 1.54) is 4.68 Å². The number of hydrogen-bond donors (Lipinski definition) is 1. The van der Waals surface area contributed by atoms with Crippen LogP contribution in [0.3, 0.4) is 0 Å². The van der Waals surface area contributed by atoms with E-state index in [-0.39, 0.29) is 11.6 Å². The molecule has 4 rings (SSSR count). The van der Waals surface area contributed by atoms with Crippen molar-refractivity contribution in [3.63, 3.8) is 0 Å². The second kappa shape index (κ2) is 7.64. The highest BCUT2D eigenvalue weighted by atomic mass is 16.3. The van der Waals surface area contributed by atoms with E-state index in [0.717, 1.165) is 55.1 Å². The van der Waals surface area contributed by atoms with Crippen LogP contribution in [0.15, 0.2) is 53.3 Å². The molecule has 0 atom stereocenters. The first-order valence-electron chi connectivity index (χ1n) is 9.76. The molecule has 1 saturated heterocycles. The van der Waals surface area contributed by atoms with Crippen LogP contribution in [0.4, 0.5) is 0 Å². The van der Waals surface area contributed by atoms with Gasteiger partial charge in [-0.3, -0.25) is 4.90 Å². The molecule has 1 fully saturated rings. The standard InChI is InChI=1S/C22H26N4O2/c1-16-7-6-8-18(20(16)27)15-25-13-11-17(12-14-25)21-23-24(2)22(28)26(21)19-9-4-3-5-10-19/h3-10,17,27H,11-15H2,1-2H3. The Morgan fingerprint density at radius 3 is 2.50 bits per heavy atom. The summed E-state index contributed by atoms with van der Waals surface area (Å²) in [6, 6.07) is 15.6. The summed E-state index contributed by atoms with van der Waals surface area (Å²) in [5, 5.41) is 14.8. The maximum atomic E-state index is 12.6. The van der Waals surface area contributed by atoms with Crippen LogP contribution in [0.1, 0.15) is 35.7 Å². The molecule has 1 aromatic heterocycles. The highest BCUT2D eigenvalue weighted by Crippen LogP contribution is 2.30. The van der Waals surface area contributed by atoms with Crippen molar-refractivity contribution in [2.24, 2.45) is 7.05 Å². The fraction of sp³-hybridized carbons (Fsp3) is 0.364. The molecule has 0 saturated carbocycles. The van der Waals surface area contributed by atoms with E-state index in [1.54, 1.807) is 11.6 Å². The minimum absolute atomic E-state index is 0.103. The van der Waals surface area contributed by atoms with Gasteiger partial charge >= 0.3 is 5.69 Å². The smallest absolute Gasteiger partial charge is 0.350 e. The Bertz CT molecular complexity index is 1010. The lowest BCUT2D eigenvalue weighted by atomic mass is 9.95. The van der Waals surface area contributed by atoms with Crippen molar-refractivity contribution in [3.8, 4) is 11.4 Å². The van der Waals surface area contributed by atoms with E-state index in [4.69, 9.17) is 0 Å². The van der Waals surface area contributed by atoms with Gasteiger partial charge in [0.25, 0.3) is 0 Å². The summed E-state index contributed by atoms with van der Waals surface area (Å²) in [6.07, 6.45) is 1.88. The number of likely N-dealkylation sites (tertiary alicyclic amines) is 1. The zero-order valence-corrected chi connectivity index (χ0v) is 16.4. The lowest BCUT2D eigenvalue weighted by Crippen LogP contribution is -2.33. The maximum absolute atomic E-state index is 12.6. The van der Waals surface area contributed by atoms with Gasteiger partial charge in [-0.15, -0.1) is 0 Å². The summed E-state index contributed by atoms with van der Waals surface area (Å²) in [6.45, 7) is 4.50. The molecule has 1 aliphatic rings. The Morgan fingerprint density at radius 2 is 1.79 bits per heavy atom. The van der Waals surface area contributed by atoms with Crippen LogP contribution in [0.5, 0.6) is 5.75 Å². The van der Waals surface area contributed by atoms with E-state index < -0.39 is 0 Å². The predicted octanol–water partition coefficient (Wildman–Crippen LogP) is 2.96. The van der Waals surface area contributed by atoms with E-state index in [0.29, 0.717) is 5.75 Å². The van der Waals surface area contributed by atoms with Crippen LogP contribution in [-0.2, 0) is 13.6 Å². The summed E-state index contributed by atoms with van der Waals surface area (Å²) >= 11 is 0. The number of phenolic OH excluding ortho intramolecular Hbond substituents is 1. The zero-order chi connectivity index (χ0) is 19.7. The average molecular weight is 378 g/mol. The van der Waals surface area contributed by atoms with Crippen molar-refractivity contribution >= 4 is 0 Å². The molecule has 146 valence electrons. The molecular weight excluding hydrogens is 352 g/mol. The van der Waals surface area contributed by atoms with Crippen molar-refractivity contribution in [2.75, 3.05) is 13.1 Å². The second-order valence-corrected chi connectivity index (χ2v) is 7.57. The predicted molar refractivity (Wildman–Crippen MR) is 109 cm³/mol. The van der Waals surface area contributed by atoms with Gasteiger partial charge < -0.3 is 5.11 Å². The number of aryl methyl sites for hydroxylation is 2. The highest BCUT2D eigenvalue weighted by Gasteiger charge is 2.27. The number of aromatic hydroxyl groups is 1. The lowest BCUT2D eigenvalue weighted by molar-refractivity contribution is 0.199. The van der Waals surface area contributed by atoms with Crippen molar-refractivity contribution < 1.29 is 5.11 Å². The van der Waals surface area contributed by atoms with Gasteiger partial charge in [0, 0.05) is 25.1 Å². The third-order valence-electron chi connectivity index (χ3n) is 5.63. The van der Waals surface area contributed by atoms with E-state index in [1.807, 2.05) is 55.5 Å². The van der Waals surface area contributed by atoms with Crippen LogP contribution < -0.4 is 5.69 Å². The van der Waals surface area contributed by atoms with Crippen LogP contribution in [0, 0.1) is 6.92 Å². The van der Waals surface area contributed by atoms with Crippen molar-refractivity contribution in [3.05, 3.63) is 76.0 Å². The zero-order valence-electron chi connectivity index (χ0n) is 16.4. The first-order chi connectivity index (χ1) is 13.5. The SMILES string of the molecule is Cc1cccc(CN2CCC(c3nn(C)c(=O)n3-c3ccccc3)CC2)c1O. The molecule has 6 nitrogen and oxygen atoms in total. The third-order valence-corrected chi connectivity index (χ3v) is 5.63. The normalized spacial score (nSPS) is 15.8. The molecule has 6 heteroatoms. The van der Waals surface area contributed by atoms with Crippen LogP contribution in [-0.4, -0.2) is 37.4 Å². The summed E-state index contributed by atoms with van der Waals surface area (Å²) < 4.78 is 3.17. The van der Waals surface area contributed by atoms with Gasteiger partial charge in [0.15, 0.2) is 0 Å². The summed E-state index contributed by atoms with van der Waals surface area (Å²) in [4.78, 5) is 15.0. The summed E-state index contributed by atoms with van der Waals surface area (Å²) in [7, 11) is 1.71. The fourth-order valence-electron chi connectivity index (χ4n) is 4.01. The number of phenols is 1. The minimum atomic E-state index is -0.103. The Balaban J connectivity index is 1.51. The number of para-hydroxylation sites is 2. The van der Waals surface area contributed by atoms with Gasteiger partial charge in [-0.2, -0.15) is 5.10 Å². The molecule has 0 spiro atoms. The Kier molecular flexibility index (Phi) is 5.05. The minimum Gasteiger partial charge on any atom is -0.507 e. The molecule has 0 bridgehead atoms. The molecule has 28 heavy (non-hydrogen) atoms. The Hall–Kier alpha value is -2.86. The topological polar surface area (TPSA) is 63.3 Å². The van der Waals surface area contributed by atoms with E-state index >= 15 is 0 Å². The van der Waals surface area contributed by atoms with Gasteiger partial charge in [-0.25, -0.2) is 14.0 Å². The average Bonchev–Trinajstić information content (AvgIpc) is 3.01. The lowest BCUT2D eigenvalue weighted by Gasteiger charge is -2.31. The van der Waals surface area contributed by atoms with Crippen LogP contribution in [0.2, 0.25) is 0 Å². The Morgan fingerprint density at radius 1 is 1.07 bits per heavy atom. The largest absolute Gasteiger partial charge is 0.507 e. The number of rotatable bonds is 4. The summed E-state index contributed by atoms with van der Waals surface area (Å²) in [5.41, 5.74) is 2.64. The highest BCUT2D eigenvalue weighted by molar-refractivity contribution is 5.39. The van der Waals surface area contributed by atoms with Crippen molar-refractivity contribution in [1.82, 2.24) is 19.2 Å². The molecule has 0 aliphatic carbocycles. The molecule has 2 heterocycles. The number of benzene rings is 2. The first kappa shape index (κ1) is 18.5. The van der Waals surface area contributed by atoms with Crippen LogP contribution in [0.25, 0.3) is 5.69 Å². The molecule has 0 unspecified atom stereocenters. The molecule has 1 aliphatic heterocycles. The number of hydrogen-bond acceptors (Lipinski definition) is 4. The number of nitrogens with zero attached hydrogens (tertiary/aromatic N) is 4. The quantitative estimate of drug-likeness (QED) is 0.758. The van der Waals surface area contributed by atoms with Crippen LogP contribution >= 0.6 is 0 Å². The van der Waals surface area contributed by atoms with Gasteiger partial charge in [0.2, 0.25) is 0 Å². The number of piperidine rings is 1. The van der Waals surface area contributed by atoms with E-state index in [9.17, 15) is 9.90 Å². The molecule has 1 N–H and O–H groups in total. The fourth-order valence-corrected chi connectivity index (χ4v) is 4.01. The first-order valence-corrected chi connectivity index (χ1v) is 9.76. The van der Waals surface area contributed by atoms with Gasteiger partial charge in [-0.1, -0.05) is 36.4 Å². The molecular formula is C22H26N4O2. The molecule has 0 radical (unpaired) electrons. The van der Waals surface area contributed by atoms with E-state index in [2.05, 4.69) is 10.00 Å². The van der Waals surface area contributed by atoms with Gasteiger partial charge in [0.1, 0.15) is 11.6 Å². The monoisotopic (exact) mass is 378 g/mol. The van der Waals surface area contributed by atoms with Gasteiger partial charge in [-0.05, 0) is 50.6 Å². The molecule has 3 aromatic rings. The van der Waals surface area contributed by atoms with Crippen molar-refractivity contribution in [1.29, 1.82) is 0 Å². The second-order valence-electron chi connectivity index (χ2n) is 7.57. The maximum Gasteiger partial charge on any atom is 0.350 e. The molecule has 0 amide bonds. The van der Waals surface area contributed by atoms with Gasteiger partial charge in [0.05, 0.1) is 5.69 Å². The third kappa shape index (κ3) is 3.47. The molecule has 2 aromatic carbocycles. The Labute approximate surface area is 164 Å². The number of aromatic nitrogens is 3. The summed E-state index contributed by atoms with van der Waals surface area (Å²) in [5.74, 6) is 1.49. The van der Waals surface area contributed by atoms with Crippen molar-refractivity contribution in [2.45, 2.75) is 32.2 Å².